The first-order valence-corrected chi connectivity index (χ1v) is 11.3. The van der Waals surface area contributed by atoms with Crippen molar-refractivity contribution in [2.24, 2.45) is 0 Å². The number of rotatable bonds is 3. The molecular formula is C21H22ClN3O3S. The molecular weight excluding hydrogens is 410 g/mol. The summed E-state index contributed by atoms with van der Waals surface area (Å²) < 4.78 is 29.1. The molecule has 152 valence electrons. The largest absolute Gasteiger partial charge is 0.296 e. The second-order valence-electron chi connectivity index (χ2n) is 7.50. The van der Waals surface area contributed by atoms with Crippen LogP contribution >= 0.6 is 11.6 Å². The summed E-state index contributed by atoms with van der Waals surface area (Å²) >= 11 is 6.03. The summed E-state index contributed by atoms with van der Waals surface area (Å²) in [5.41, 5.74) is 2.47. The predicted molar refractivity (Wildman–Crippen MR) is 114 cm³/mol. The number of hydrogen-bond acceptors (Lipinski definition) is 4. The lowest BCUT2D eigenvalue weighted by atomic mass is 10.1. The van der Waals surface area contributed by atoms with Crippen LogP contribution in [0.5, 0.6) is 0 Å². The first-order chi connectivity index (χ1) is 13.8. The Morgan fingerprint density at radius 3 is 2.45 bits per heavy atom. The molecule has 1 aliphatic rings. The summed E-state index contributed by atoms with van der Waals surface area (Å²) in [5.74, 6) is 0. The molecule has 1 aliphatic heterocycles. The molecule has 0 spiro atoms. The highest BCUT2D eigenvalue weighted by molar-refractivity contribution is 7.89. The van der Waals surface area contributed by atoms with Crippen molar-refractivity contribution in [1.29, 1.82) is 0 Å². The zero-order valence-corrected chi connectivity index (χ0v) is 17.9. The Balaban J connectivity index is 1.56. The van der Waals surface area contributed by atoms with E-state index in [2.05, 4.69) is 4.98 Å². The molecule has 3 aromatic rings. The van der Waals surface area contributed by atoms with Crippen molar-refractivity contribution in [2.75, 3.05) is 13.1 Å². The molecule has 0 amide bonds. The molecule has 1 aromatic heterocycles. The van der Waals surface area contributed by atoms with Crippen LogP contribution in [0.15, 0.2) is 52.4 Å². The van der Waals surface area contributed by atoms with Crippen LogP contribution in [0.4, 0.5) is 0 Å². The monoisotopic (exact) mass is 431 g/mol. The van der Waals surface area contributed by atoms with Gasteiger partial charge < -0.3 is 0 Å². The van der Waals surface area contributed by atoms with E-state index in [4.69, 9.17) is 11.6 Å². The molecule has 0 radical (unpaired) electrons. The molecule has 2 aromatic carbocycles. The molecule has 0 aliphatic carbocycles. The molecule has 6 nitrogen and oxygen atoms in total. The fourth-order valence-electron chi connectivity index (χ4n) is 3.75. The topological polar surface area (TPSA) is 72.3 Å². The molecule has 2 heterocycles. The minimum atomic E-state index is -3.54. The number of aromatic nitrogens is 2. The molecule has 0 N–H and O–H groups in total. The fraction of sp³-hybridized carbons (Fsp3) is 0.333. The number of halogens is 1. The SMILES string of the molecule is Cc1ccc(S(=O)(=O)N2CCC(n3cnc4ccc(Cl)cc4c3=O)CC2)cc1C. The van der Waals surface area contributed by atoms with Crippen molar-refractivity contribution in [3.05, 3.63) is 69.2 Å². The van der Waals surface area contributed by atoms with Gasteiger partial charge in [-0.1, -0.05) is 17.7 Å². The second kappa shape index (κ2) is 7.55. The second-order valence-corrected chi connectivity index (χ2v) is 9.87. The van der Waals surface area contributed by atoms with E-state index < -0.39 is 10.0 Å². The molecule has 1 fully saturated rings. The minimum Gasteiger partial charge on any atom is -0.296 e. The van der Waals surface area contributed by atoms with Crippen LogP contribution in [-0.4, -0.2) is 35.4 Å². The highest BCUT2D eigenvalue weighted by atomic mass is 35.5. The van der Waals surface area contributed by atoms with Crippen LogP contribution in [0.25, 0.3) is 10.9 Å². The number of fused-ring (bicyclic) bond motifs is 1. The van der Waals surface area contributed by atoms with Gasteiger partial charge in [-0.15, -0.1) is 0 Å². The zero-order valence-electron chi connectivity index (χ0n) is 16.3. The smallest absolute Gasteiger partial charge is 0.261 e. The number of nitrogens with zero attached hydrogens (tertiary/aromatic N) is 3. The Labute approximate surface area is 174 Å². The molecule has 0 bridgehead atoms. The highest BCUT2D eigenvalue weighted by Crippen LogP contribution is 2.27. The van der Waals surface area contributed by atoms with Gasteiger partial charge in [0.15, 0.2) is 0 Å². The normalized spacial score (nSPS) is 16.4. The van der Waals surface area contributed by atoms with E-state index in [-0.39, 0.29) is 11.6 Å². The molecule has 0 atom stereocenters. The van der Waals surface area contributed by atoms with Gasteiger partial charge in [0.2, 0.25) is 10.0 Å². The van der Waals surface area contributed by atoms with Crippen molar-refractivity contribution < 1.29 is 8.42 Å². The maximum atomic E-state index is 13.0. The average molecular weight is 432 g/mol. The van der Waals surface area contributed by atoms with Gasteiger partial charge >= 0.3 is 0 Å². The molecule has 8 heteroatoms. The van der Waals surface area contributed by atoms with Crippen LogP contribution in [0.2, 0.25) is 5.02 Å². The van der Waals surface area contributed by atoms with Gasteiger partial charge in [0.25, 0.3) is 5.56 Å². The summed E-state index contributed by atoms with van der Waals surface area (Å²) in [6.07, 6.45) is 2.66. The van der Waals surface area contributed by atoms with Crippen molar-refractivity contribution in [1.82, 2.24) is 13.9 Å². The fourth-order valence-corrected chi connectivity index (χ4v) is 5.48. The van der Waals surface area contributed by atoms with Gasteiger partial charge in [-0.2, -0.15) is 4.31 Å². The maximum Gasteiger partial charge on any atom is 0.261 e. The predicted octanol–water partition coefficient (Wildman–Crippen LogP) is 3.69. The molecule has 0 unspecified atom stereocenters. The average Bonchev–Trinajstić information content (AvgIpc) is 2.71. The first-order valence-electron chi connectivity index (χ1n) is 9.51. The molecule has 1 saturated heterocycles. The maximum absolute atomic E-state index is 13.0. The summed E-state index contributed by atoms with van der Waals surface area (Å²) in [5, 5.41) is 0.966. The van der Waals surface area contributed by atoms with Crippen molar-refractivity contribution in [3.63, 3.8) is 0 Å². The third-order valence-corrected chi connectivity index (χ3v) is 7.81. The summed E-state index contributed by atoms with van der Waals surface area (Å²) in [6, 6.07) is 10.2. The van der Waals surface area contributed by atoms with Gasteiger partial charge in [0.05, 0.1) is 22.1 Å². The van der Waals surface area contributed by atoms with E-state index in [1.807, 2.05) is 19.9 Å². The highest BCUT2D eigenvalue weighted by Gasteiger charge is 2.30. The molecule has 0 saturated carbocycles. The van der Waals surface area contributed by atoms with Gasteiger partial charge in [0.1, 0.15) is 0 Å². The van der Waals surface area contributed by atoms with Gasteiger partial charge in [0, 0.05) is 24.2 Å². The van der Waals surface area contributed by atoms with E-state index in [9.17, 15) is 13.2 Å². The Hall–Kier alpha value is -2.22. The Morgan fingerprint density at radius 2 is 1.76 bits per heavy atom. The number of sulfonamides is 1. The zero-order chi connectivity index (χ0) is 20.8. The van der Waals surface area contributed by atoms with Crippen LogP contribution < -0.4 is 5.56 Å². The number of aryl methyl sites for hydroxylation is 2. The van der Waals surface area contributed by atoms with Crippen LogP contribution in [0.1, 0.15) is 30.0 Å². The quantitative estimate of drug-likeness (QED) is 0.634. The minimum absolute atomic E-state index is 0.0930. The standard InChI is InChI=1S/C21H22ClN3O3S/c1-14-3-5-18(11-15(14)2)29(27,28)24-9-7-17(8-10-24)25-13-23-20-6-4-16(22)12-19(20)21(25)26/h3-6,11-13,17H,7-10H2,1-2H3. The summed E-state index contributed by atoms with van der Waals surface area (Å²) in [6.45, 7) is 4.59. The molecule has 4 rings (SSSR count). The number of hydrogen-bond donors (Lipinski definition) is 0. The van der Waals surface area contributed by atoms with E-state index in [1.165, 1.54) is 4.31 Å². The van der Waals surface area contributed by atoms with E-state index in [0.717, 1.165) is 11.1 Å². The van der Waals surface area contributed by atoms with Gasteiger partial charge in [-0.05, 0) is 68.1 Å². The Bertz CT molecular complexity index is 1250. The van der Waals surface area contributed by atoms with Gasteiger partial charge in [-0.25, -0.2) is 13.4 Å². The Morgan fingerprint density at radius 1 is 1.03 bits per heavy atom. The van der Waals surface area contributed by atoms with E-state index in [1.54, 1.807) is 41.2 Å². The third kappa shape index (κ3) is 3.70. The summed E-state index contributed by atoms with van der Waals surface area (Å²) in [7, 11) is -3.54. The Kier molecular flexibility index (Phi) is 5.23. The first kappa shape index (κ1) is 20.1. The third-order valence-electron chi connectivity index (χ3n) is 5.68. The van der Waals surface area contributed by atoms with Crippen LogP contribution in [-0.2, 0) is 10.0 Å². The molecule has 29 heavy (non-hydrogen) atoms. The van der Waals surface area contributed by atoms with Crippen molar-refractivity contribution in [3.8, 4) is 0 Å². The summed E-state index contributed by atoms with van der Waals surface area (Å²) in [4.78, 5) is 17.6. The number of benzene rings is 2. The number of piperidine rings is 1. The lowest BCUT2D eigenvalue weighted by Gasteiger charge is -2.32. The van der Waals surface area contributed by atoms with E-state index >= 15 is 0 Å². The van der Waals surface area contributed by atoms with Gasteiger partial charge in [-0.3, -0.25) is 9.36 Å². The van der Waals surface area contributed by atoms with Crippen LogP contribution in [0.3, 0.4) is 0 Å². The van der Waals surface area contributed by atoms with E-state index in [0.29, 0.717) is 46.8 Å². The van der Waals surface area contributed by atoms with Crippen LogP contribution in [0, 0.1) is 13.8 Å². The van der Waals surface area contributed by atoms with Crippen molar-refractivity contribution in [2.45, 2.75) is 37.6 Å². The lowest BCUT2D eigenvalue weighted by Crippen LogP contribution is -2.40. The lowest BCUT2D eigenvalue weighted by molar-refractivity contribution is 0.269. The van der Waals surface area contributed by atoms with Crippen molar-refractivity contribution >= 4 is 32.5 Å².